The molecule has 106 valence electrons. The summed E-state index contributed by atoms with van der Waals surface area (Å²) < 4.78 is 7.15. The van der Waals surface area contributed by atoms with Crippen LogP contribution in [0.5, 0.6) is 6.01 Å². The fraction of sp³-hybridized carbons (Fsp3) is 0.545. The van der Waals surface area contributed by atoms with Crippen molar-refractivity contribution in [2.45, 2.75) is 20.0 Å². The summed E-state index contributed by atoms with van der Waals surface area (Å²) in [5.74, 6) is 2.00. The summed E-state index contributed by atoms with van der Waals surface area (Å²) in [5, 5.41) is 11.1. The summed E-state index contributed by atoms with van der Waals surface area (Å²) in [6.45, 7) is 4.95. The quantitative estimate of drug-likeness (QED) is 0.829. The largest absolute Gasteiger partial charge is 0.467 e. The van der Waals surface area contributed by atoms with Gasteiger partial charge in [-0.3, -0.25) is 0 Å². The van der Waals surface area contributed by atoms with Crippen LogP contribution >= 0.6 is 0 Å². The van der Waals surface area contributed by atoms with Gasteiger partial charge in [-0.25, -0.2) is 0 Å². The van der Waals surface area contributed by atoms with Crippen molar-refractivity contribution >= 4 is 11.9 Å². The van der Waals surface area contributed by atoms with Crippen LogP contribution in [0.2, 0.25) is 0 Å². The van der Waals surface area contributed by atoms with Crippen LogP contribution in [0.4, 0.5) is 11.9 Å². The topological polar surface area (TPSA) is 93.9 Å². The molecule has 2 aromatic rings. The van der Waals surface area contributed by atoms with Crippen LogP contribution in [0.25, 0.3) is 0 Å². The number of hydrogen-bond donors (Lipinski definition) is 1. The average molecular weight is 276 g/mol. The maximum atomic E-state index is 5.13. The molecule has 1 N–H and O–H groups in total. The van der Waals surface area contributed by atoms with Gasteiger partial charge < -0.3 is 19.5 Å². The number of aromatic nitrogens is 6. The minimum atomic E-state index is 0.304. The highest BCUT2D eigenvalue weighted by Gasteiger charge is 2.21. The monoisotopic (exact) mass is 276 g/mol. The van der Waals surface area contributed by atoms with E-state index < -0.39 is 0 Å². The molecule has 0 aromatic carbocycles. The number of fused-ring (bicyclic) bond motifs is 1. The molecular formula is C11H16N8O. The van der Waals surface area contributed by atoms with Crippen LogP contribution in [-0.4, -0.2) is 49.9 Å². The lowest BCUT2D eigenvalue weighted by atomic mass is 10.4. The van der Waals surface area contributed by atoms with Crippen molar-refractivity contribution in [2.75, 3.05) is 30.4 Å². The van der Waals surface area contributed by atoms with Crippen LogP contribution < -0.4 is 15.0 Å². The first-order chi connectivity index (χ1) is 9.80. The first kappa shape index (κ1) is 12.6. The molecule has 3 heterocycles. The number of nitrogens with zero attached hydrogens (tertiary/aromatic N) is 7. The molecule has 3 rings (SSSR count). The fourth-order valence-corrected chi connectivity index (χ4v) is 2.05. The van der Waals surface area contributed by atoms with E-state index in [0.29, 0.717) is 24.5 Å². The number of hydrogen-bond acceptors (Lipinski definition) is 8. The Balaban J connectivity index is 1.88. The van der Waals surface area contributed by atoms with Crippen LogP contribution in [0.3, 0.4) is 0 Å². The van der Waals surface area contributed by atoms with Gasteiger partial charge in [0, 0.05) is 19.6 Å². The number of nitrogens with one attached hydrogen (secondary N) is 1. The second kappa shape index (κ2) is 5.27. The Labute approximate surface area is 116 Å². The molecule has 9 nitrogen and oxygen atoms in total. The Morgan fingerprint density at radius 1 is 1.30 bits per heavy atom. The number of anilines is 2. The molecule has 0 unspecified atom stereocenters. The molecule has 0 bridgehead atoms. The second-order valence-electron chi connectivity index (χ2n) is 4.34. The Morgan fingerprint density at radius 2 is 2.20 bits per heavy atom. The van der Waals surface area contributed by atoms with Gasteiger partial charge >= 0.3 is 6.01 Å². The second-order valence-corrected chi connectivity index (χ2v) is 4.34. The van der Waals surface area contributed by atoms with Gasteiger partial charge in [-0.15, -0.1) is 10.2 Å². The summed E-state index contributed by atoms with van der Waals surface area (Å²) in [6, 6.07) is 0.304. The van der Waals surface area contributed by atoms with Gasteiger partial charge in [-0.05, 0) is 6.92 Å². The lowest BCUT2D eigenvalue weighted by Crippen LogP contribution is -2.35. The minimum absolute atomic E-state index is 0.304. The van der Waals surface area contributed by atoms with E-state index in [9.17, 15) is 0 Å². The molecule has 0 saturated heterocycles. The Morgan fingerprint density at radius 3 is 3.00 bits per heavy atom. The van der Waals surface area contributed by atoms with Crippen molar-refractivity contribution in [2.24, 2.45) is 0 Å². The predicted octanol–water partition coefficient (Wildman–Crippen LogP) is -0.0763. The molecule has 1 aliphatic heterocycles. The third-order valence-electron chi connectivity index (χ3n) is 3.04. The molecule has 0 atom stereocenters. The van der Waals surface area contributed by atoms with Crippen LogP contribution in [-0.2, 0) is 13.1 Å². The molecule has 0 fully saturated rings. The van der Waals surface area contributed by atoms with Gasteiger partial charge in [0.15, 0.2) is 5.82 Å². The van der Waals surface area contributed by atoms with E-state index >= 15 is 0 Å². The van der Waals surface area contributed by atoms with Gasteiger partial charge in [0.1, 0.15) is 6.33 Å². The highest BCUT2D eigenvalue weighted by atomic mass is 16.5. The van der Waals surface area contributed by atoms with Crippen molar-refractivity contribution in [3.63, 3.8) is 0 Å². The SMILES string of the molecule is CCNc1nc(OC)nc(N2CCn3cnnc3C2)n1. The highest BCUT2D eigenvalue weighted by molar-refractivity contribution is 5.39. The summed E-state index contributed by atoms with van der Waals surface area (Å²) in [4.78, 5) is 14.9. The molecule has 20 heavy (non-hydrogen) atoms. The first-order valence-corrected chi connectivity index (χ1v) is 6.45. The summed E-state index contributed by atoms with van der Waals surface area (Å²) in [6.07, 6.45) is 1.74. The highest BCUT2D eigenvalue weighted by Crippen LogP contribution is 2.19. The zero-order valence-electron chi connectivity index (χ0n) is 11.4. The maximum Gasteiger partial charge on any atom is 0.322 e. The number of ether oxygens (including phenoxy) is 1. The van der Waals surface area contributed by atoms with Gasteiger partial charge in [0.05, 0.1) is 13.7 Å². The molecule has 1 aliphatic rings. The van der Waals surface area contributed by atoms with E-state index in [1.165, 1.54) is 0 Å². The van der Waals surface area contributed by atoms with E-state index in [1.807, 2.05) is 16.4 Å². The van der Waals surface area contributed by atoms with Crippen molar-refractivity contribution in [1.82, 2.24) is 29.7 Å². The van der Waals surface area contributed by atoms with Gasteiger partial charge in [0.25, 0.3) is 0 Å². The standard InChI is InChI=1S/C11H16N8O/c1-3-12-9-14-10(16-11(15-9)20-2)18-4-5-19-7-13-17-8(19)6-18/h7H,3-6H2,1-2H3,(H,12,14,15,16). The van der Waals surface area contributed by atoms with E-state index in [2.05, 4.69) is 30.5 Å². The minimum Gasteiger partial charge on any atom is -0.467 e. The van der Waals surface area contributed by atoms with Gasteiger partial charge in [-0.1, -0.05) is 0 Å². The molecule has 9 heteroatoms. The molecule has 2 aromatic heterocycles. The summed E-state index contributed by atoms with van der Waals surface area (Å²) in [5.41, 5.74) is 0. The smallest absolute Gasteiger partial charge is 0.322 e. The molecule has 0 saturated carbocycles. The molecule has 0 radical (unpaired) electrons. The summed E-state index contributed by atoms with van der Waals surface area (Å²) >= 11 is 0. The Kier molecular flexibility index (Phi) is 3.32. The molecule has 0 spiro atoms. The van der Waals surface area contributed by atoms with E-state index in [4.69, 9.17) is 4.74 Å². The fourth-order valence-electron chi connectivity index (χ4n) is 2.05. The predicted molar refractivity (Wildman–Crippen MR) is 71.6 cm³/mol. The first-order valence-electron chi connectivity index (χ1n) is 6.45. The Bertz CT molecular complexity index is 598. The van der Waals surface area contributed by atoms with Crippen molar-refractivity contribution in [3.05, 3.63) is 12.2 Å². The van der Waals surface area contributed by atoms with E-state index in [0.717, 1.165) is 25.5 Å². The maximum absolute atomic E-state index is 5.13. The lowest BCUT2D eigenvalue weighted by Gasteiger charge is -2.27. The van der Waals surface area contributed by atoms with Crippen LogP contribution in [0.1, 0.15) is 12.7 Å². The number of methoxy groups -OCH3 is 1. The zero-order valence-corrected chi connectivity index (χ0v) is 11.4. The lowest BCUT2D eigenvalue weighted by molar-refractivity contribution is 0.378. The zero-order chi connectivity index (χ0) is 13.9. The molecule has 0 amide bonds. The van der Waals surface area contributed by atoms with E-state index in [-0.39, 0.29) is 0 Å². The number of rotatable bonds is 4. The van der Waals surface area contributed by atoms with Crippen molar-refractivity contribution < 1.29 is 4.74 Å². The van der Waals surface area contributed by atoms with Crippen molar-refractivity contribution in [3.8, 4) is 6.01 Å². The van der Waals surface area contributed by atoms with Crippen LogP contribution in [0, 0.1) is 0 Å². The van der Waals surface area contributed by atoms with Gasteiger partial charge in [-0.2, -0.15) is 15.0 Å². The third kappa shape index (κ3) is 2.33. The van der Waals surface area contributed by atoms with Crippen LogP contribution in [0.15, 0.2) is 6.33 Å². The van der Waals surface area contributed by atoms with Gasteiger partial charge in [0.2, 0.25) is 11.9 Å². The van der Waals surface area contributed by atoms with Crippen molar-refractivity contribution in [1.29, 1.82) is 0 Å². The third-order valence-corrected chi connectivity index (χ3v) is 3.04. The Hall–Kier alpha value is -2.45. The van der Waals surface area contributed by atoms with E-state index in [1.54, 1.807) is 13.4 Å². The molecular weight excluding hydrogens is 260 g/mol. The molecule has 0 aliphatic carbocycles. The summed E-state index contributed by atoms with van der Waals surface area (Å²) in [7, 11) is 1.54. The average Bonchev–Trinajstić information content (AvgIpc) is 2.94. The normalized spacial score (nSPS) is 14.0.